The number of para-hydroxylation sites is 2. The summed E-state index contributed by atoms with van der Waals surface area (Å²) < 4.78 is 2.12. The number of amides is 1. The molecule has 0 radical (unpaired) electrons. The maximum absolute atomic E-state index is 12.2. The molecule has 0 aliphatic carbocycles. The molecule has 8 heteroatoms. The number of nitrogens with one attached hydrogen (secondary N) is 2. The molecule has 0 saturated carbocycles. The van der Waals surface area contributed by atoms with Crippen LogP contribution in [-0.2, 0) is 17.9 Å². The average Bonchev–Trinajstić information content (AvgIpc) is 3.24. The van der Waals surface area contributed by atoms with E-state index in [9.17, 15) is 14.9 Å². The standard InChI is InChI=1S/C25H25N5O3/c31-25(9-4-14-26-21-10-12-22(13-11-21)30(32)33)27-16-19-5-3-6-20(15-19)17-29-18-28-23-7-1-2-8-24(23)29/h1-3,5-8,10-13,15,18,26H,4,9,14,16-17H2,(H,27,31). The number of carbonyl (C=O) groups excluding carboxylic acids is 1. The lowest BCUT2D eigenvalue weighted by atomic mass is 10.1. The third-order valence-corrected chi connectivity index (χ3v) is 5.35. The second kappa shape index (κ2) is 10.4. The topological polar surface area (TPSA) is 102 Å². The van der Waals surface area contributed by atoms with Gasteiger partial charge in [0.1, 0.15) is 0 Å². The van der Waals surface area contributed by atoms with Crippen LogP contribution in [0.25, 0.3) is 11.0 Å². The minimum absolute atomic E-state index is 0.00786. The number of benzene rings is 3. The van der Waals surface area contributed by atoms with Gasteiger partial charge in [-0.05, 0) is 41.8 Å². The monoisotopic (exact) mass is 443 g/mol. The highest BCUT2D eigenvalue weighted by molar-refractivity contribution is 5.76. The second-order valence-electron chi connectivity index (χ2n) is 7.79. The second-order valence-corrected chi connectivity index (χ2v) is 7.79. The highest BCUT2D eigenvalue weighted by atomic mass is 16.6. The van der Waals surface area contributed by atoms with Gasteiger partial charge in [0.25, 0.3) is 5.69 Å². The largest absolute Gasteiger partial charge is 0.385 e. The molecule has 0 spiro atoms. The molecule has 4 rings (SSSR count). The van der Waals surface area contributed by atoms with E-state index < -0.39 is 4.92 Å². The first kappa shape index (κ1) is 22.0. The number of hydrogen-bond donors (Lipinski definition) is 2. The molecular weight excluding hydrogens is 418 g/mol. The molecule has 0 aliphatic rings. The van der Waals surface area contributed by atoms with Crippen molar-refractivity contribution in [1.29, 1.82) is 0 Å². The van der Waals surface area contributed by atoms with E-state index in [4.69, 9.17) is 0 Å². The molecule has 0 atom stereocenters. The Bertz CT molecular complexity index is 1250. The summed E-state index contributed by atoms with van der Waals surface area (Å²) in [5, 5.41) is 16.8. The van der Waals surface area contributed by atoms with Crippen molar-refractivity contribution in [2.75, 3.05) is 11.9 Å². The third-order valence-electron chi connectivity index (χ3n) is 5.35. The van der Waals surface area contributed by atoms with E-state index in [-0.39, 0.29) is 11.6 Å². The van der Waals surface area contributed by atoms with E-state index in [1.165, 1.54) is 12.1 Å². The van der Waals surface area contributed by atoms with Gasteiger partial charge in [-0.25, -0.2) is 4.98 Å². The number of nitrogens with zero attached hydrogens (tertiary/aromatic N) is 3. The Balaban J connectivity index is 1.21. The Morgan fingerprint density at radius 1 is 1.00 bits per heavy atom. The Morgan fingerprint density at radius 2 is 1.79 bits per heavy atom. The first-order chi connectivity index (χ1) is 16.1. The van der Waals surface area contributed by atoms with Crippen molar-refractivity contribution >= 4 is 28.3 Å². The molecule has 168 valence electrons. The maximum atomic E-state index is 12.2. The van der Waals surface area contributed by atoms with Gasteiger partial charge in [0.05, 0.1) is 22.3 Å². The van der Waals surface area contributed by atoms with Gasteiger partial charge < -0.3 is 15.2 Å². The Hall–Kier alpha value is -4.20. The lowest BCUT2D eigenvalue weighted by Crippen LogP contribution is -2.23. The van der Waals surface area contributed by atoms with Crippen LogP contribution >= 0.6 is 0 Å². The molecule has 1 aromatic heterocycles. The van der Waals surface area contributed by atoms with Crippen LogP contribution in [0.2, 0.25) is 0 Å². The molecular formula is C25H25N5O3. The fourth-order valence-electron chi connectivity index (χ4n) is 3.64. The third kappa shape index (κ3) is 5.94. The number of nitro groups is 1. The predicted octanol–water partition coefficient (Wildman–Crippen LogP) is 4.50. The number of imidazole rings is 1. The molecule has 2 N–H and O–H groups in total. The fourth-order valence-corrected chi connectivity index (χ4v) is 3.64. The van der Waals surface area contributed by atoms with Crippen LogP contribution in [0.3, 0.4) is 0 Å². The van der Waals surface area contributed by atoms with Crippen molar-refractivity contribution in [3.8, 4) is 0 Å². The van der Waals surface area contributed by atoms with Crippen LogP contribution in [0.5, 0.6) is 0 Å². The summed E-state index contributed by atoms with van der Waals surface area (Å²) in [6, 6.07) is 22.5. The predicted molar refractivity (Wildman–Crippen MR) is 128 cm³/mol. The molecule has 0 aliphatic heterocycles. The number of carbonyl (C=O) groups is 1. The minimum Gasteiger partial charge on any atom is -0.385 e. The van der Waals surface area contributed by atoms with Crippen molar-refractivity contribution in [2.24, 2.45) is 0 Å². The molecule has 0 bridgehead atoms. The number of fused-ring (bicyclic) bond motifs is 1. The smallest absolute Gasteiger partial charge is 0.269 e. The Labute approximate surface area is 191 Å². The van der Waals surface area contributed by atoms with Gasteiger partial charge >= 0.3 is 0 Å². The number of hydrogen-bond acceptors (Lipinski definition) is 5. The van der Waals surface area contributed by atoms with E-state index in [1.807, 2.05) is 36.7 Å². The number of aromatic nitrogens is 2. The molecule has 4 aromatic rings. The molecule has 0 saturated heterocycles. The SMILES string of the molecule is O=C(CCCNc1ccc([N+](=O)[O-])cc1)NCc1cccc(Cn2cnc3ccccc32)c1. The van der Waals surface area contributed by atoms with Crippen LogP contribution in [0.4, 0.5) is 11.4 Å². The first-order valence-electron chi connectivity index (χ1n) is 10.8. The highest BCUT2D eigenvalue weighted by Crippen LogP contribution is 2.16. The fraction of sp³-hybridized carbons (Fsp3) is 0.200. The summed E-state index contributed by atoms with van der Waals surface area (Å²) in [5.41, 5.74) is 5.12. The molecule has 0 unspecified atom stereocenters. The van der Waals surface area contributed by atoms with Crippen LogP contribution in [0.1, 0.15) is 24.0 Å². The molecule has 0 fully saturated rings. The van der Waals surface area contributed by atoms with E-state index in [2.05, 4.69) is 38.4 Å². The zero-order valence-electron chi connectivity index (χ0n) is 18.1. The van der Waals surface area contributed by atoms with E-state index in [0.29, 0.717) is 25.9 Å². The van der Waals surface area contributed by atoms with Gasteiger partial charge in [-0.15, -0.1) is 0 Å². The number of non-ortho nitro benzene ring substituents is 1. The normalized spacial score (nSPS) is 10.8. The summed E-state index contributed by atoms with van der Waals surface area (Å²) >= 11 is 0. The van der Waals surface area contributed by atoms with Crippen LogP contribution < -0.4 is 10.6 Å². The zero-order chi connectivity index (χ0) is 23.0. The molecule has 1 heterocycles. The number of rotatable bonds is 10. The quantitative estimate of drug-likeness (QED) is 0.213. The maximum Gasteiger partial charge on any atom is 0.269 e. The van der Waals surface area contributed by atoms with Crippen LogP contribution in [0, 0.1) is 10.1 Å². The Kier molecular flexibility index (Phi) is 6.94. The van der Waals surface area contributed by atoms with Crippen molar-refractivity contribution in [3.05, 3.63) is 100 Å². The van der Waals surface area contributed by atoms with Crippen molar-refractivity contribution < 1.29 is 9.72 Å². The summed E-state index contributed by atoms with van der Waals surface area (Å²) in [6.07, 6.45) is 2.92. The first-order valence-corrected chi connectivity index (χ1v) is 10.8. The van der Waals surface area contributed by atoms with Crippen molar-refractivity contribution in [1.82, 2.24) is 14.9 Å². The molecule has 33 heavy (non-hydrogen) atoms. The summed E-state index contributed by atoms with van der Waals surface area (Å²) in [5.74, 6) is -0.00786. The van der Waals surface area contributed by atoms with Gasteiger partial charge in [0.2, 0.25) is 5.91 Å². The summed E-state index contributed by atoms with van der Waals surface area (Å²) in [4.78, 5) is 26.9. The minimum atomic E-state index is -0.427. The van der Waals surface area contributed by atoms with Crippen molar-refractivity contribution in [3.63, 3.8) is 0 Å². The summed E-state index contributed by atoms with van der Waals surface area (Å²) in [6.45, 7) is 1.81. The lowest BCUT2D eigenvalue weighted by molar-refractivity contribution is -0.384. The van der Waals surface area contributed by atoms with E-state index in [1.54, 1.807) is 12.1 Å². The van der Waals surface area contributed by atoms with Gasteiger partial charge in [0, 0.05) is 43.9 Å². The summed E-state index contributed by atoms with van der Waals surface area (Å²) in [7, 11) is 0. The molecule has 3 aromatic carbocycles. The zero-order valence-corrected chi connectivity index (χ0v) is 18.1. The van der Waals surface area contributed by atoms with Gasteiger partial charge in [0.15, 0.2) is 0 Å². The van der Waals surface area contributed by atoms with Crippen LogP contribution in [0.15, 0.2) is 79.1 Å². The Morgan fingerprint density at radius 3 is 2.61 bits per heavy atom. The van der Waals surface area contributed by atoms with Gasteiger partial charge in [-0.1, -0.05) is 36.4 Å². The lowest BCUT2D eigenvalue weighted by Gasteiger charge is -2.09. The van der Waals surface area contributed by atoms with Crippen LogP contribution in [-0.4, -0.2) is 26.9 Å². The van der Waals surface area contributed by atoms with E-state index in [0.717, 1.165) is 34.4 Å². The molecule has 1 amide bonds. The van der Waals surface area contributed by atoms with Gasteiger partial charge in [-0.3, -0.25) is 14.9 Å². The number of nitro benzene ring substituents is 1. The van der Waals surface area contributed by atoms with Crippen molar-refractivity contribution in [2.45, 2.75) is 25.9 Å². The highest BCUT2D eigenvalue weighted by Gasteiger charge is 2.06. The molecule has 8 nitrogen and oxygen atoms in total. The van der Waals surface area contributed by atoms with Gasteiger partial charge in [-0.2, -0.15) is 0 Å². The average molecular weight is 444 g/mol. The van der Waals surface area contributed by atoms with E-state index >= 15 is 0 Å². The number of anilines is 1.